The molecule has 0 bridgehead atoms. The van der Waals surface area contributed by atoms with Crippen LogP contribution in [0.2, 0.25) is 0 Å². The molecule has 0 saturated heterocycles. The molecule has 0 aliphatic rings. The van der Waals surface area contributed by atoms with Crippen LogP contribution < -0.4 is 5.32 Å². The van der Waals surface area contributed by atoms with Crippen LogP contribution in [0.15, 0.2) is 18.3 Å². The van der Waals surface area contributed by atoms with E-state index in [0.29, 0.717) is 6.61 Å². The van der Waals surface area contributed by atoms with E-state index in [0.717, 1.165) is 11.4 Å². The van der Waals surface area contributed by atoms with E-state index < -0.39 is 0 Å². The second-order valence-corrected chi connectivity index (χ2v) is 4.13. The van der Waals surface area contributed by atoms with Crippen LogP contribution in [-0.4, -0.2) is 24.2 Å². The van der Waals surface area contributed by atoms with Crippen molar-refractivity contribution >= 4 is 5.69 Å². The van der Waals surface area contributed by atoms with E-state index in [1.165, 1.54) is 0 Å². The molecule has 3 heteroatoms. The molecule has 0 aromatic carbocycles. The summed E-state index contributed by atoms with van der Waals surface area (Å²) >= 11 is 0. The Balaban J connectivity index is 2.68. The molecule has 0 saturated carbocycles. The molecule has 78 valence electrons. The summed E-state index contributed by atoms with van der Waals surface area (Å²) in [6.07, 6.45) is 1.81. The molecule has 1 rings (SSSR count). The number of ether oxygens (including phenoxy) is 1. The van der Waals surface area contributed by atoms with E-state index in [-0.39, 0.29) is 5.54 Å². The highest BCUT2D eigenvalue weighted by molar-refractivity contribution is 5.45. The van der Waals surface area contributed by atoms with Gasteiger partial charge in [0.25, 0.3) is 0 Å². The largest absolute Gasteiger partial charge is 0.382 e. The van der Waals surface area contributed by atoms with Gasteiger partial charge in [-0.15, -0.1) is 0 Å². The Hall–Kier alpha value is -1.09. The topological polar surface area (TPSA) is 34.1 Å². The van der Waals surface area contributed by atoms with Gasteiger partial charge in [-0.1, -0.05) is 0 Å². The molecule has 0 spiro atoms. The third-order valence-corrected chi connectivity index (χ3v) is 1.88. The van der Waals surface area contributed by atoms with E-state index in [4.69, 9.17) is 4.74 Å². The van der Waals surface area contributed by atoms with Crippen LogP contribution in [0.3, 0.4) is 0 Å². The number of methoxy groups -OCH3 is 1. The van der Waals surface area contributed by atoms with Crippen LogP contribution in [-0.2, 0) is 4.74 Å². The first-order chi connectivity index (χ1) is 6.53. The monoisotopic (exact) mass is 194 g/mol. The summed E-state index contributed by atoms with van der Waals surface area (Å²) in [5, 5.41) is 3.40. The van der Waals surface area contributed by atoms with Crippen LogP contribution in [0.4, 0.5) is 5.69 Å². The van der Waals surface area contributed by atoms with Crippen LogP contribution in [0.5, 0.6) is 0 Å². The number of aromatic nitrogens is 1. The molecule has 0 unspecified atom stereocenters. The third kappa shape index (κ3) is 3.34. The fourth-order valence-corrected chi connectivity index (χ4v) is 1.41. The second kappa shape index (κ2) is 4.42. The van der Waals surface area contributed by atoms with Gasteiger partial charge in [0, 0.05) is 24.7 Å². The lowest BCUT2D eigenvalue weighted by Gasteiger charge is -2.26. The molecular formula is C11H18N2O. The predicted molar refractivity (Wildman–Crippen MR) is 58.6 cm³/mol. The zero-order valence-corrected chi connectivity index (χ0v) is 9.29. The maximum absolute atomic E-state index is 5.13. The number of aryl methyl sites for hydroxylation is 1. The van der Waals surface area contributed by atoms with Crippen LogP contribution in [0.1, 0.15) is 19.5 Å². The van der Waals surface area contributed by atoms with Crippen LogP contribution in [0, 0.1) is 6.92 Å². The maximum atomic E-state index is 5.13. The summed E-state index contributed by atoms with van der Waals surface area (Å²) in [7, 11) is 1.71. The Morgan fingerprint density at radius 2 is 2.21 bits per heavy atom. The number of hydrogen-bond acceptors (Lipinski definition) is 3. The second-order valence-electron chi connectivity index (χ2n) is 4.13. The normalized spacial score (nSPS) is 11.4. The SMILES string of the molecule is COCC(C)(C)Nc1ccnc(C)c1. The first kappa shape index (κ1) is 11.0. The average Bonchev–Trinajstić information content (AvgIpc) is 2.02. The van der Waals surface area contributed by atoms with E-state index in [1.54, 1.807) is 13.3 Å². The summed E-state index contributed by atoms with van der Waals surface area (Å²) in [6, 6.07) is 3.99. The molecule has 14 heavy (non-hydrogen) atoms. The van der Waals surface area contributed by atoms with E-state index >= 15 is 0 Å². The minimum absolute atomic E-state index is 0.0530. The minimum Gasteiger partial charge on any atom is -0.382 e. The van der Waals surface area contributed by atoms with Crippen molar-refractivity contribution in [2.45, 2.75) is 26.3 Å². The first-order valence-electron chi connectivity index (χ1n) is 4.73. The van der Waals surface area contributed by atoms with Gasteiger partial charge in [0.2, 0.25) is 0 Å². The van der Waals surface area contributed by atoms with Crippen molar-refractivity contribution in [3.63, 3.8) is 0 Å². The molecule has 1 N–H and O–H groups in total. The highest BCUT2D eigenvalue weighted by Gasteiger charge is 2.16. The van der Waals surface area contributed by atoms with Gasteiger partial charge in [0.15, 0.2) is 0 Å². The number of anilines is 1. The van der Waals surface area contributed by atoms with Gasteiger partial charge in [-0.3, -0.25) is 4.98 Å². The maximum Gasteiger partial charge on any atom is 0.0687 e. The van der Waals surface area contributed by atoms with Gasteiger partial charge >= 0.3 is 0 Å². The fraction of sp³-hybridized carbons (Fsp3) is 0.545. The van der Waals surface area contributed by atoms with E-state index in [2.05, 4.69) is 24.1 Å². The van der Waals surface area contributed by atoms with Crippen molar-refractivity contribution in [3.8, 4) is 0 Å². The van der Waals surface area contributed by atoms with E-state index in [1.807, 2.05) is 19.1 Å². The average molecular weight is 194 g/mol. The highest BCUT2D eigenvalue weighted by Crippen LogP contribution is 2.15. The number of hydrogen-bond donors (Lipinski definition) is 1. The lowest BCUT2D eigenvalue weighted by Crippen LogP contribution is -2.35. The fourth-order valence-electron chi connectivity index (χ4n) is 1.41. The van der Waals surface area contributed by atoms with E-state index in [9.17, 15) is 0 Å². The summed E-state index contributed by atoms with van der Waals surface area (Å²) in [5.74, 6) is 0. The van der Waals surface area contributed by atoms with Crippen molar-refractivity contribution < 1.29 is 4.74 Å². The zero-order chi connectivity index (χ0) is 10.6. The minimum atomic E-state index is -0.0530. The Kier molecular flexibility index (Phi) is 3.47. The molecule has 0 radical (unpaired) electrons. The van der Waals surface area contributed by atoms with Gasteiger partial charge in [0.05, 0.1) is 12.1 Å². The van der Waals surface area contributed by atoms with Gasteiger partial charge in [-0.25, -0.2) is 0 Å². The molecule has 0 aliphatic carbocycles. The number of nitrogens with zero attached hydrogens (tertiary/aromatic N) is 1. The summed E-state index contributed by atoms with van der Waals surface area (Å²) in [6.45, 7) is 6.86. The highest BCUT2D eigenvalue weighted by atomic mass is 16.5. The molecule has 0 aliphatic heterocycles. The lowest BCUT2D eigenvalue weighted by molar-refractivity contribution is 0.158. The predicted octanol–water partition coefficient (Wildman–Crippen LogP) is 2.23. The van der Waals surface area contributed by atoms with Crippen molar-refractivity contribution in [2.75, 3.05) is 19.0 Å². The molecule has 0 amide bonds. The quantitative estimate of drug-likeness (QED) is 0.798. The molecule has 3 nitrogen and oxygen atoms in total. The summed E-state index contributed by atoms with van der Waals surface area (Å²) in [5.41, 5.74) is 2.05. The van der Waals surface area contributed by atoms with Gasteiger partial charge in [-0.2, -0.15) is 0 Å². The Morgan fingerprint density at radius 1 is 1.50 bits per heavy atom. The standard InChI is InChI=1S/C11H18N2O/c1-9-7-10(5-6-12-9)13-11(2,3)8-14-4/h5-7H,8H2,1-4H3,(H,12,13). The smallest absolute Gasteiger partial charge is 0.0687 e. The molecular weight excluding hydrogens is 176 g/mol. The molecule has 1 aromatic heterocycles. The first-order valence-corrected chi connectivity index (χ1v) is 4.73. The third-order valence-electron chi connectivity index (χ3n) is 1.88. The molecule has 0 fully saturated rings. The number of nitrogens with one attached hydrogen (secondary N) is 1. The molecule has 1 aromatic rings. The lowest BCUT2D eigenvalue weighted by atomic mass is 10.1. The molecule has 0 atom stereocenters. The number of rotatable bonds is 4. The van der Waals surface area contributed by atoms with Crippen molar-refractivity contribution in [1.82, 2.24) is 4.98 Å². The van der Waals surface area contributed by atoms with Gasteiger partial charge < -0.3 is 10.1 Å². The van der Waals surface area contributed by atoms with Crippen molar-refractivity contribution in [2.24, 2.45) is 0 Å². The summed E-state index contributed by atoms with van der Waals surface area (Å²) < 4.78 is 5.13. The summed E-state index contributed by atoms with van der Waals surface area (Å²) in [4.78, 5) is 4.14. The molecule has 1 heterocycles. The van der Waals surface area contributed by atoms with Crippen molar-refractivity contribution in [3.05, 3.63) is 24.0 Å². The Bertz CT molecular complexity index is 297. The Morgan fingerprint density at radius 3 is 2.79 bits per heavy atom. The van der Waals surface area contributed by atoms with Crippen LogP contribution >= 0.6 is 0 Å². The zero-order valence-electron chi connectivity index (χ0n) is 9.29. The van der Waals surface area contributed by atoms with Gasteiger partial charge in [0.1, 0.15) is 0 Å². The van der Waals surface area contributed by atoms with Crippen LogP contribution in [0.25, 0.3) is 0 Å². The van der Waals surface area contributed by atoms with Gasteiger partial charge in [-0.05, 0) is 32.9 Å². The van der Waals surface area contributed by atoms with Crippen molar-refractivity contribution in [1.29, 1.82) is 0 Å². The Labute approximate surface area is 85.5 Å². The number of pyridine rings is 1.